The summed E-state index contributed by atoms with van der Waals surface area (Å²) in [6.07, 6.45) is 2.62. The highest BCUT2D eigenvalue weighted by molar-refractivity contribution is 7.20. The first-order chi connectivity index (χ1) is 14.5. The Labute approximate surface area is 177 Å². The van der Waals surface area contributed by atoms with Gasteiger partial charge in [0.25, 0.3) is 11.5 Å². The van der Waals surface area contributed by atoms with Crippen LogP contribution in [0.1, 0.15) is 47.2 Å². The predicted molar refractivity (Wildman–Crippen MR) is 120 cm³/mol. The van der Waals surface area contributed by atoms with Gasteiger partial charge in [-0.2, -0.15) is 0 Å². The predicted octanol–water partition coefficient (Wildman–Crippen LogP) is 3.90. The molecule has 1 aliphatic rings. The molecule has 0 bridgehead atoms. The second-order valence-corrected chi connectivity index (χ2v) is 8.61. The molecule has 1 N–H and O–H groups in total. The number of nitrogens with zero attached hydrogens (tertiary/aromatic N) is 4. The monoisotopic (exact) mass is 421 g/mol. The average Bonchev–Trinajstić information content (AvgIpc) is 3.43. The van der Waals surface area contributed by atoms with Crippen LogP contribution in [0.3, 0.4) is 0 Å². The minimum Gasteiger partial charge on any atom is -0.328 e. The molecule has 0 unspecified atom stereocenters. The summed E-state index contributed by atoms with van der Waals surface area (Å²) in [5.41, 5.74) is 3.31. The van der Waals surface area contributed by atoms with Crippen molar-refractivity contribution in [3.8, 4) is 0 Å². The maximum absolute atomic E-state index is 13.0. The Bertz CT molecular complexity index is 1380. The number of benzene rings is 1. The van der Waals surface area contributed by atoms with E-state index in [-0.39, 0.29) is 11.5 Å². The number of anilines is 1. The summed E-state index contributed by atoms with van der Waals surface area (Å²) >= 11 is 1.29. The van der Waals surface area contributed by atoms with E-state index in [0.717, 1.165) is 48.5 Å². The zero-order valence-electron chi connectivity index (χ0n) is 17.3. The third-order valence-corrected chi connectivity index (χ3v) is 7.02. The molecule has 30 heavy (non-hydrogen) atoms. The molecule has 0 saturated heterocycles. The van der Waals surface area contributed by atoms with Crippen molar-refractivity contribution in [1.82, 2.24) is 19.1 Å². The quantitative estimate of drug-likeness (QED) is 0.542. The number of aryl methyl sites for hydroxylation is 4. The standard InChI is InChI=1S/C22H23N5O2S/c1-4-16-24-14-11-13(8-9-15(14)26(16)5-2)23-20(28)19-12(3)18-21(30-19)25-17-7-6-10-27(17)22(18)29/h8-9,11H,4-7,10H2,1-3H3,(H,23,28). The average molecular weight is 422 g/mol. The van der Waals surface area contributed by atoms with Gasteiger partial charge in [-0.25, -0.2) is 9.97 Å². The number of hydrogen-bond acceptors (Lipinski definition) is 5. The minimum absolute atomic E-state index is 0.0288. The molecule has 0 saturated carbocycles. The van der Waals surface area contributed by atoms with Gasteiger partial charge in [0.15, 0.2) is 0 Å². The molecule has 3 aromatic heterocycles. The van der Waals surface area contributed by atoms with Crippen LogP contribution in [0.25, 0.3) is 21.3 Å². The molecule has 0 atom stereocenters. The molecule has 154 valence electrons. The molecule has 4 aromatic rings. The maximum Gasteiger partial charge on any atom is 0.266 e. The molecule has 7 nitrogen and oxygen atoms in total. The number of nitrogens with one attached hydrogen (secondary N) is 1. The molecule has 5 rings (SSSR count). The number of thiophene rings is 1. The van der Waals surface area contributed by atoms with Gasteiger partial charge in [-0.1, -0.05) is 6.92 Å². The van der Waals surface area contributed by atoms with Crippen LogP contribution < -0.4 is 10.9 Å². The Morgan fingerprint density at radius 1 is 1.27 bits per heavy atom. The second-order valence-electron chi connectivity index (χ2n) is 7.61. The first kappa shape index (κ1) is 19.0. The van der Waals surface area contributed by atoms with Crippen LogP contribution in [0.15, 0.2) is 23.0 Å². The Balaban J connectivity index is 1.51. The van der Waals surface area contributed by atoms with Crippen molar-refractivity contribution >= 4 is 44.2 Å². The molecular weight excluding hydrogens is 398 g/mol. The zero-order chi connectivity index (χ0) is 21.0. The van der Waals surface area contributed by atoms with E-state index in [9.17, 15) is 9.59 Å². The van der Waals surface area contributed by atoms with Crippen molar-refractivity contribution in [3.63, 3.8) is 0 Å². The van der Waals surface area contributed by atoms with E-state index in [4.69, 9.17) is 4.98 Å². The lowest BCUT2D eigenvalue weighted by atomic mass is 10.2. The number of rotatable bonds is 4. The third-order valence-electron chi connectivity index (χ3n) is 5.84. The van der Waals surface area contributed by atoms with Crippen molar-refractivity contribution in [2.45, 2.75) is 53.1 Å². The number of aromatic nitrogens is 4. The Morgan fingerprint density at radius 3 is 2.87 bits per heavy atom. The van der Waals surface area contributed by atoms with Gasteiger partial charge >= 0.3 is 0 Å². The summed E-state index contributed by atoms with van der Waals surface area (Å²) in [5.74, 6) is 1.64. The number of carbonyl (C=O) groups is 1. The molecule has 0 fully saturated rings. The highest BCUT2D eigenvalue weighted by Crippen LogP contribution is 2.30. The first-order valence-corrected chi connectivity index (χ1v) is 11.2. The Morgan fingerprint density at radius 2 is 2.10 bits per heavy atom. The summed E-state index contributed by atoms with van der Waals surface area (Å²) in [6, 6.07) is 5.80. The number of fused-ring (bicyclic) bond motifs is 3. The van der Waals surface area contributed by atoms with E-state index >= 15 is 0 Å². The van der Waals surface area contributed by atoms with E-state index in [1.807, 2.05) is 25.1 Å². The van der Waals surface area contributed by atoms with Crippen molar-refractivity contribution in [1.29, 1.82) is 0 Å². The maximum atomic E-state index is 13.0. The van der Waals surface area contributed by atoms with Gasteiger partial charge in [0, 0.05) is 31.6 Å². The van der Waals surface area contributed by atoms with E-state index < -0.39 is 0 Å². The van der Waals surface area contributed by atoms with E-state index in [0.29, 0.717) is 32.9 Å². The molecule has 0 spiro atoms. The smallest absolute Gasteiger partial charge is 0.266 e. The zero-order valence-corrected chi connectivity index (χ0v) is 18.1. The highest BCUT2D eigenvalue weighted by Gasteiger charge is 2.23. The molecule has 1 aromatic carbocycles. The highest BCUT2D eigenvalue weighted by atomic mass is 32.1. The number of amides is 1. The van der Waals surface area contributed by atoms with Crippen LogP contribution in [0.5, 0.6) is 0 Å². The van der Waals surface area contributed by atoms with Crippen molar-refractivity contribution in [2.24, 2.45) is 0 Å². The van der Waals surface area contributed by atoms with Gasteiger partial charge in [-0.15, -0.1) is 11.3 Å². The topological polar surface area (TPSA) is 81.8 Å². The van der Waals surface area contributed by atoms with E-state index in [2.05, 4.69) is 28.7 Å². The third kappa shape index (κ3) is 2.78. The fourth-order valence-electron chi connectivity index (χ4n) is 4.36. The van der Waals surface area contributed by atoms with Crippen LogP contribution in [0.2, 0.25) is 0 Å². The van der Waals surface area contributed by atoms with Crippen LogP contribution in [0.4, 0.5) is 5.69 Å². The molecule has 1 amide bonds. The second kappa shape index (κ2) is 7.05. The summed E-state index contributed by atoms with van der Waals surface area (Å²) in [4.78, 5) is 36.4. The molecular formula is C22H23N5O2S. The van der Waals surface area contributed by atoms with Gasteiger partial charge in [-0.3, -0.25) is 14.2 Å². The Hall–Kier alpha value is -3.00. The fourth-order valence-corrected chi connectivity index (χ4v) is 5.45. The largest absolute Gasteiger partial charge is 0.328 e. The lowest BCUT2D eigenvalue weighted by Crippen LogP contribution is -2.20. The number of hydrogen-bond donors (Lipinski definition) is 1. The van der Waals surface area contributed by atoms with Crippen molar-refractivity contribution < 1.29 is 4.79 Å². The number of carbonyl (C=O) groups excluding carboxylic acids is 1. The first-order valence-electron chi connectivity index (χ1n) is 10.3. The van der Waals surface area contributed by atoms with Gasteiger partial charge < -0.3 is 9.88 Å². The van der Waals surface area contributed by atoms with Gasteiger partial charge in [0.1, 0.15) is 16.5 Å². The SMILES string of the molecule is CCc1nc2cc(NC(=O)c3sc4nc5n(c(=O)c4c3C)CCC5)ccc2n1CC. The van der Waals surface area contributed by atoms with Crippen LogP contribution in [0, 0.1) is 6.92 Å². The Kier molecular flexibility index (Phi) is 4.47. The van der Waals surface area contributed by atoms with Crippen LogP contribution in [-0.4, -0.2) is 25.0 Å². The molecule has 0 radical (unpaired) electrons. The summed E-state index contributed by atoms with van der Waals surface area (Å²) in [7, 11) is 0. The summed E-state index contributed by atoms with van der Waals surface area (Å²) < 4.78 is 3.93. The molecule has 1 aliphatic heterocycles. The minimum atomic E-state index is -0.218. The molecule has 0 aliphatic carbocycles. The van der Waals surface area contributed by atoms with Crippen molar-refractivity contribution in [3.05, 3.63) is 50.6 Å². The fraction of sp³-hybridized carbons (Fsp3) is 0.364. The normalized spacial score (nSPS) is 13.3. The van der Waals surface area contributed by atoms with Crippen molar-refractivity contribution in [2.75, 3.05) is 5.32 Å². The summed E-state index contributed by atoms with van der Waals surface area (Å²) in [6.45, 7) is 7.59. The summed E-state index contributed by atoms with van der Waals surface area (Å²) in [5, 5.41) is 3.55. The van der Waals surface area contributed by atoms with E-state index in [1.165, 1.54) is 11.3 Å². The van der Waals surface area contributed by atoms with Gasteiger partial charge in [-0.05, 0) is 44.0 Å². The van der Waals surface area contributed by atoms with Crippen LogP contribution >= 0.6 is 11.3 Å². The van der Waals surface area contributed by atoms with Crippen LogP contribution in [-0.2, 0) is 25.9 Å². The molecule has 8 heteroatoms. The van der Waals surface area contributed by atoms with E-state index in [1.54, 1.807) is 4.57 Å². The number of imidazole rings is 1. The van der Waals surface area contributed by atoms with Gasteiger partial charge in [0.05, 0.1) is 21.3 Å². The lowest BCUT2D eigenvalue weighted by Gasteiger charge is -2.06. The van der Waals surface area contributed by atoms with Gasteiger partial charge in [0.2, 0.25) is 0 Å². The lowest BCUT2D eigenvalue weighted by molar-refractivity contribution is 0.103. The molecule has 4 heterocycles.